The summed E-state index contributed by atoms with van der Waals surface area (Å²) in [6.07, 6.45) is 0.885. The number of fused-ring (bicyclic) bond motifs is 1. The largest absolute Gasteiger partial charge is 0.492 e. The lowest BCUT2D eigenvalue weighted by Crippen LogP contribution is -2.17. The fourth-order valence-electron chi connectivity index (χ4n) is 1.82. The van der Waals surface area contributed by atoms with E-state index in [4.69, 9.17) is 4.74 Å². The minimum Gasteiger partial charge on any atom is -0.492 e. The summed E-state index contributed by atoms with van der Waals surface area (Å²) >= 11 is 0. The number of carbonyl (C=O) groups excluding carboxylic acids is 1. The first-order valence-electron chi connectivity index (χ1n) is 6.11. The van der Waals surface area contributed by atoms with Crippen LogP contribution in [0.25, 0.3) is 10.8 Å². The van der Waals surface area contributed by atoms with Gasteiger partial charge in [0.25, 0.3) is 0 Å². The predicted molar refractivity (Wildman–Crippen MR) is 74.3 cm³/mol. The van der Waals surface area contributed by atoms with Gasteiger partial charge in [0.15, 0.2) is 6.29 Å². The minimum atomic E-state index is 0.116. The summed E-state index contributed by atoms with van der Waals surface area (Å²) in [5.74, 6) is 0.839. The summed E-state index contributed by atoms with van der Waals surface area (Å²) in [6.45, 7) is 7.05. The number of hydrogen-bond donors (Lipinski definition) is 0. The van der Waals surface area contributed by atoms with E-state index in [0.29, 0.717) is 12.2 Å². The van der Waals surface area contributed by atoms with E-state index in [2.05, 4.69) is 20.8 Å². The van der Waals surface area contributed by atoms with Gasteiger partial charge in [0, 0.05) is 10.9 Å². The van der Waals surface area contributed by atoms with E-state index >= 15 is 0 Å². The molecule has 2 aromatic rings. The van der Waals surface area contributed by atoms with Crippen LogP contribution in [0.5, 0.6) is 5.75 Å². The van der Waals surface area contributed by atoms with Crippen molar-refractivity contribution in [2.24, 2.45) is 5.41 Å². The van der Waals surface area contributed by atoms with Crippen LogP contribution < -0.4 is 4.74 Å². The predicted octanol–water partition coefficient (Wildman–Crippen LogP) is 4.08. The van der Waals surface area contributed by atoms with Gasteiger partial charge in [-0.25, -0.2) is 0 Å². The first-order chi connectivity index (χ1) is 8.51. The van der Waals surface area contributed by atoms with Gasteiger partial charge >= 0.3 is 0 Å². The lowest BCUT2D eigenvalue weighted by Gasteiger charge is -2.20. The molecule has 2 aromatic carbocycles. The number of carbonyl (C=O) groups is 1. The second-order valence-corrected chi connectivity index (χ2v) is 5.67. The molecular formula is C16H18O2. The molecule has 18 heavy (non-hydrogen) atoms. The molecule has 0 unspecified atom stereocenters. The average molecular weight is 242 g/mol. The summed E-state index contributed by atoms with van der Waals surface area (Å²) in [4.78, 5) is 11.0. The number of aldehydes is 1. The normalized spacial score (nSPS) is 11.5. The zero-order valence-electron chi connectivity index (χ0n) is 11.1. The monoisotopic (exact) mass is 242 g/mol. The van der Waals surface area contributed by atoms with E-state index in [1.54, 1.807) is 0 Å². The smallest absolute Gasteiger partial charge is 0.150 e. The maximum atomic E-state index is 11.0. The van der Waals surface area contributed by atoms with Crippen molar-refractivity contribution < 1.29 is 9.53 Å². The van der Waals surface area contributed by atoms with Crippen LogP contribution in [0.2, 0.25) is 0 Å². The number of hydrogen-bond acceptors (Lipinski definition) is 2. The Balaban J connectivity index is 2.43. The Morgan fingerprint density at radius 1 is 1.06 bits per heavy atom. The van der Waals surface area contributed by atoms with E-state index in [-0.39, 0.29) is 5.41 Å². The molecular weight excluding hydrogens is 224 g/mol. The fraction of sp³-hybridized carbons (Fsp3) is 0.312. The molecule has 94 valence electrons. The van der Waals surface area contributed by atoms with Crippen LogP contribution in [0.1, 0.15) is 31.1 Å². The van der Waals surface area contributed by atoms with Crippen molar-refractivity contribution in [2.75, 3.05) is 6.61 Å². The Morgan fingerprint density at radius 3 is 2.33 bits per heavy atom. The Labute approximate surface area is 108 Å². The molecule has 0 saturated carbocycles. The van der Waals surface area contributed by atoms with Gasteiger partial charge in [0.05, 0.1) is 6.61 Å². The van der Waals surface area contributed by atoms with Gasteiger partial charge in [0.2, 0.25) is 0 Å². The van der Waals surface area contributed by atoms with Gasteiger partial charge in [-0.15, -0.1) is 0 Å². The van der Waals surface area contributed by atoms with Crippen molar-refractivity contribution in [1.82, 2.24) is 0 Å². The Bertz CT molecular complexity index is 565. The highest BCUT2D eigenvalue weighted by atomic mass is 16.5. The van der Waals surface area contributed by atoms with E-state index in [1.165, 1.54) is 0 Å². The molecule has 2 nitrogen and oxygen atoms in total. The number of ether oxygens (including phenoxy) is 1. The molecule has 0 aliphatic carbocycles. The Morgan fingerprint density at radius 2 is 1.72 bits per heavy atom. The summed E-state index contributed by atoms with van der Waals surface area (Å²) < 4.78 is 5.87. The second-order valence-electron chi connectivity index (χ2n) is 5.67. The van der Waals surface area contributed by atoms with Crippen molar-refractivity contribution in [3.05, 3.63) is 42.0 Å². The molecule has 0 saturated heterocycles. The van der Waals surface area contributed by atoms with Gasteiger partial charge in [-0.3, -0.25) is 4.79 Å². The molecule has 0 aliphatic rings. The lowest BCUT2D eigenvalue weighted by atomic mass is 9.98. The van der Waals surface area contributed by atoms with Crippen molar-refractivity contribution in [3.8, 4) is 5.75 Å². The highest BCUT2D eigenvalue weighted by Crippen LogP contribution is 2.29. The van der Waals surface area contributed by atoms with Gasteiger partial charge in [-0.05, 0) is 22.9 Å². The molecule has 0 amide bonds. The van der Waals surface area contributed by atoms with Crippen LogP contribution in [0, 0.1) is 5.41 Å². The minimum absolute atomic E-state index is 0.116. The second kappa shape index (κ2) is 4.81. The molecule has 0 spiro atoms. The van der Waals surface area contributed by atoms with Crippen molar-refractivity contribution in [2.45, 2.75) is 20.8 Å². The summed E-state index contributed by atoms with van der Waals surface area (Å²) in [5.41, 5.74) is 0.818. The first kappa shape index (κ1) is 12.6. The van der Waals surface area contributed by atoms with Crippen LogP contribution >= 0.6 is 0 Å². The third kappa shape index (κ3) is 2.70. The molecule has 0 fully saturated rings. The third-order valence-corrected chi connectivity index (χ3v) is 2.71. The Kier molecular flexibility index (Phi) is 3.37. The van der Waals surface area contributed by atoms with Crippen molar-refractivity contribution >= 4 is 17.1 Å². The lowest BCUT2D eigenvalue weighted by molar-refractivity contribution is 0.112. The number of benzene rings is 2. The van der Waals surface area contributed by atoms with Gasteiger partial charge in [-0.1, -0.05) is 45.0 Å². The molecule has 0 radical (unpaired) electrons. The van der Waals surface area contributed by atoms with Crippen molar-refractivity contribution in [3.63, 3.8) is 0 Å². The molecule has 0 aliphatic heterocycles. The Hall–Kier alpha value is -1.83. The molecule has 0 aromatic heterocycles. The quantitative estimate of drug-likeness (QED) is 0.758. The summed E-state index contributed by atoms with van der Waals surface area (Å²) in [5, 5.41) is 1.94. The van der Waals surface area contributed by atoms with Crippen molar-refractivity contribution in [1.29, 1.82) is 0 Å². The summed E-state index contributed by atoms with van der Waals surface area (Å²) in [6, 6.07) is 11.5. The van der Waals surface area contributed by atoms with Crippen LogP contribution in [-0.4, -0.2) is 12.9 Å². The molecule has 0 heterocycles. The van der Waals surface area contributed by atoms with E-state index in [1.807, 2.05) is 36.4 Å². The topological polar surface area (TPSA) is 26.3 Å². The highest BCUT2D eigenvalue weighted by Gasteiger charge is 2.13. The van der Waals surface area contributed by atoms with E-state index in [0.717, 1.165) is 22.8 Å². The van der Waals surface area contributed by atoms with E-state index < -0.39 is 0 Å². The highest BCUT2D eigenvalue weighted by molar-refractivity contribution is 6.00. The molecule has 0 atom stereocenters. The third-order valence-electron chi connectivity index (χ3n) is 2.71. The molecule has 0 bridgehead atoms. The van der Waals surface area contributed by atoms with Crippen LogP contribution in [0.4, 0.5) is 0 Å². The van der Waals surface area contributed by atoms with Gasteiger partial charge < -0.3 is 4.74 Å². The van der Waals surface area contributed by atoms with Gasteiger partial charge in [-0.2, -0.15) is 0 Å². The zero-order valence-corrected chi connectivity index (χ0v) is 11.1. The van der Waals surface area contributed by atoms with Crippen LogP contribution in [0.15, 0.2) is 36.4 Å². The van der Waals surface area contributed by atoms with Gasteiger partial charge in [0.1, 0.15) is 5.75 Å². The maximum absolute atomic E-state index is 11.0. The molecule has 0 N–H and O–H groups in total. The standard InChI is InChI=1S/C16H18O2/c1-16(2,3)11-18-15-9-8-12(10-17)13-6-4-5-7-14(13)15/h4-10H,11H2,1-3H3. The fourth-order valence-corrected chi connectivity index (χ4v) is 1.82. The number of rotatable bonds is 3. The van der Waals surface area contributed by atoms with E-state index in [9.17, 15) is 4.79 Å². The molecule has 2 heteroatoms. The van der Waals surface area contributed by atoms with Crippen LogP contribution in [0.3, 0.4) is 0 Å². The maximum Gasteiger partial charge on any atom is 0.150 e. The SMILES string of the molecule is CC(C)(C)COc1ccc(C=O)c2ccccc12. The van der Waals surface area contributed by atoms with Crippen LogP contribution in [-0.2, 0) is 0 Å². The average Bonchev–Trinajstić information content (AvgIpc) is 2.35. The first-order valence-corrected chi connectivity index (χ1v) is 6.11. The zero-order chi connectivity index (χ0) is 13.2. The summed E-state index contributed by atoms with van der Waals surface area (Å²) in [7, 11) is 0. The molecule has 2 rings (SSSR count).